The first kappa shape index (κ1) is 27.9. The van der Waals surface area contributed by atoms with E-state index in [9.17, 15) is 5.11 Å². The minimum absolute atomic E-state index is 0.398. The number of allylic oxidation sites excluding steroid dienone is 2. The summed E-state index contributed by atoms with van der Waals surface area (Å²) in [6.07, 6.45) is 7.17. The molecule has 0 aliphatic carbocycles. The smallest absolute Gasteiger partial charge is 0.0617 e. The number of aromatic amines is 1. The molecule has 1 aromatic carbocycles. The molecule has 0 fully saturated rings. The number of hydrogen-bond acceptors (Lipinski definition) is 3. The van der Waals surface area contributed by atoms with E-state index in [1.807, 2.05) is 19.9 Å². The van der Waals surface area contributed by atoms with Crippen LogP contribution in [0.1, 0.15) is 58.2 Å². The predicted octanol–water partition coefficient (Wildman–Crippen LogP) is 6.08. The van der Waals surface area contributed by atoms with Crippen molar-refractivity contribution in [1.82, 2.24) is 10.3 Å². The van der Waals surface area contributed by atoms with Crippen LogP contribution in [0.25, 0.3) is 10.9 Å². The van der Waals surface area contributed by atoms with Gasteiger partial charge in [0.05, 0.1) is 17.6 Å². The molecule has 1 heterocycles. The van der Waals surface area contributed by atoms with Crippen molar-refractivity contribution in [2.24, 2.45) is 0 Å². The highest BCUT2D eigenvalue weighted by atomic mass is 16.5. The summed E-state index contributed by atoms with van der Waals surface area (Å²) >= 11 is 0. The van der Waals surface area contributed by atoms with E-state index >= 15 is 0 Å². The molecular weight excluding hydrogens is 396 g/mol. The normalized spacial score (nSPS) is 15.5. The molecule has 0 radical (unpaired) electrons. The number of likely N-dealkylation sites (N-methyl/N-ethyl adjacent to an activating group) is 1. The number of H-pyrrole nitrogens is 1. The van der Waals surface area contributed by atoms with E-state index in [1.165, 1.54) is 16.6 Å². The minimum Gasteiger partial charge on any atom is -0.390 e. The zero-order chi connectivity index (χ0) is 24.2. The van der Waals surface area contributed by atoms with Gasteiger partial charge >= 0.3 is 0 Å². The molecular formula is C28H44N2O2. The van der Waals surface area contributed by atoms with Crippen molar-refractivity contribution in [1.29, 1.82) is 0 Å². The van der Waals surface area contributed by atoms with E-state index in [0.717, 1.165) is 43.4 Å². The van der Waals surface area contributed by atoms with Gasteiger partial charge in [0.2, 0.25) is 0 Å². The van der Waals surface area contributed by atoms with Crippen molar-refractivity contribution < 1.29 is 9.84 Å². The molecule has 4 heteroatoms. The fourth-order valence-corrected chi connectivity index (χ4v) is 4.40. The number of rotatable bonds is 13. The third-order valence-corrected chi connectivity index (χ3v) is 6.42. The maximum Gasteiger partial charge on any atom is 0.0617 e. The molecule has 1 aromatic heterocycles. The summed E-state index contributed by atoms with van der Waals surface area (Å²) in [5, 5.41) is 15.5. The number of ether oxygens (including phenoxy) is 1. The van der Waals surface area contributed by atoms with Crippen molar-refractivity contribution in [3.8, 4) is 0 Å². The first-order chi connectivity index (χ1) is 15.4. The van der Waals surface area contributed by atoms with Gasteiger partial charge in [0.15, 0.2) is 0 Å². The molecule has 0 bridgehead atoms. The first-order valence-electron chi connectivity index (χ1n) is 11.7. The van der Waals surface area contributed by atoms with Crippen LogP contribution in [0.3, 0.4) is 0 Å². The Morgan fingerprint density at radius 2 is 1.91 bits per heavy atom. The largest absolute Gasteiger partial charge is 0.390 e. The van der Waals surface area contributed by atoms with E-state index in [-0.39, 0.29) is 0 Å². The highest BCUT2D eigenvalue weighted by molar-refractivity contribution is 5.85. The molecule has 3 N–H and O–H groups in total. The van der Waals surface area contributed by atoms with Gasteiger partial charge in [-0.1, -0.05) is 50.8 Å². The van der Waals surface area contributed by atoms with Gasteiger partial charge in [-0.25, -0.2) is 0 Å². The molecule has 0 aliphatic rings. The quantitative estimate of drug-likeness (QED) is 0.201. The highest BCUT2D eigenvalue weighted by Gasteiger charge is 2.40. The summed E-state index contributed by atoms with van der Waals surface area (Å²) in [6.45, 7) is 20.7. The van der Waals surface area contributed by atoms with Gasteiger partial charge in [-0.15, -0.1) is 13.2 Å². The van der Waals surface area contributed by atoms with Crippen LogP contribution in [0, 0.1) is 0 Å². The number of hydrogen-bond donors (Lipinski definition) is 3. The van der Waals surface area contributed by atoms with Gasteiger partial charge in [0.1, 0.15) is 0 Å². The van der Waals surface area contributed by atoms with Gasteiger partial charge in [-0.3, -0.25) is 0 Å². The Kier molecular flexibility index (Phi) is 11.7. The van der Waals surface area contributed by atoms with Gasteiger partial charge in [-0.2, -0.15) is 0 Å². The molecule has 0 unspecified atom stereocenters. The second-order valence-corrected chi connectivity index (χ2v) is 8.44. The van der Waals surface area contributed by atoms with Crippen LogP contribution in [0.4, 0.5) is 0 Å². The lowest BCUT2D eigenvalue weighted by Crippen LogP contribution is -2.38. The lowest BCUT2D eigenvalue weighted by molar-refractivity contribution is 0.0329. The second kappa shape index (κ2) is 13.4. The molecule has 2 atom stereocenters. The molecule has 0 saturated carbocycles. The summed E-state index contributed by atoms with van der Waals surface area (Å²) in [4.78, 5) is 3.74. The number of para-hydroxylation sites is 1. The topological polar surface area (TPSA) is 57.3 Å². The molecule has 178 valence electrons. The fraction of sp³-hybridized carbons (Fsp3) is 0.500. The van der Waals surface area contributed by atoms with Crippen LogP contribution in [-0.2, 0) is 16.6 Å². The molecule has 0 spiro atoms. The zero-order valence-electron chi connectivity index (χ0n) is 20.9. The summed E-state index contributed by atoms with van der Waals surface area (Å²) < 4.78 is 5.82. The summed E-state index contributed by atoms with van der Waals surface area (Å²) in [5.41, 5.74) is 3.66. The Morgan fingerprint density at radius 3 is 2.47 bits per heavy atom. The number of fused-ring (bicyclic) bond motifs is 1. The lowest BCUT2D eigenvalue weighted by atomic mass is 9.70. The molecule has 2 aromatic rings. The van der Waals surface area contributed by atoms with Crippen LogP contribution < -0.4 is 5.32 Å². The summed E-state index contributed by atoms with van der Waals surface area (Å²) in [7, 11) is 1.75. The van der Waals surface area contributed by atoms with Crippen LogP contribution in [0.2, 0.25) is 0 Å². The zero-order valence-corrected chi connectivity index (χ0v) is 20.9. The van der Waals surface area contributed by atoms with Crippen molar-refractivity contribution in [3.05, 3.63) is 73.0 Å². The molecule has 0 amide bonds. The molecule has 2 rings (SSSR count). The molecule has 4 nitrogen and oxygen atoms in total. The van der Waals surface area contributed by atoms with Crippen LogP contribution >= 0.6 is 0 Å². The van der Waals surface area contributed by atoms with Crippen LogP contribution in [-0.4, -0.2) is 42.5 Å². The predicted molar refractivity (Wildman–Crippen MR) is 139 cm³/mol. The summed E-state index contributed by atoms with van der Waals surface area (Å²) in [5.74, 6) is 0. The van der Waals surface area contributed by atoms with E-state index < -0.39 is 11.0 Å². The maximum absolute atomic E-state index is 10.8. The van der Waals surface area contributed by atoms with Gasteiger partial charge in [0, 0.05) is 23.7 Å². The van der Waals surface area contributed by atoms with E-state index in [0.29, 0.717) is 13.0 Å². The van der Waals surface area contributed by atoms with Crippen molar-refractivity contribution in [2.45, 2.75) is 64.4 Å². The Balaban J connectivity index is 0.00000249. The van der Waals surface area contributed by atoms with Gasteiger partial charge < -0.3 is 20.1 Å². The molecule has 0 saturated heterocycles. The third kappa shape index (κ3) is 6.44. The van der Waals surface area contributed by atoms with Crippen molar-refractivity contribution in [2.75, 3.05) is 26.8 Å². The standard InChI is InChI=1S/C26H40N2O2.C2H4/c1-7-20(8-2)26(19-30-6,17-16-25(5,29)9-3)24-22(15-18-27-10-4)21-13-11-12-14-23(21)28-24;1-2/h7-8,11-14,27-29H,1,9-10,15-19H2,2-6H3;1-2H2/b20-8+;/t25-,26-;/m0./s1. The van der Waals surface area contributed by atoms with Crippen molar-refractivity contribution >= 4 is 10.9 Å². The second-order valence-electron chi connectivity index (χ2n) is 8.44. The number of aromatic nitrogens is 1. The number of aliphatic hydroxyl groups is 1. The highest BCUT2D eigenvalue weighted by Crippen LogP contribution is 2.43. The van der Waals surface area contributed by atoms with Crippen LogP contribution in [0.15, 0.2) is 61.7 Å². The van der Waals surface area contributed by atoms with Crippen LogP contribution in [0.5, 0.6) is 0 Å². The van der Waals surface area contributed by atoms with Gasteiger partial charge in [0.25, 0.3) is 0 Å². The molecule has 0 aliphatic heterocycles. The van der Waals surface area contributed by atoms with E-state index in [4.69, 9.17) is 4.74 Å². The van der Waals surface area contributed by atoms with Crippen molar-refractivity contribution in [3.63, 3.8) is 0 Å². The minimum atomic E-state index is -0.713. The average molecular weight is 441 g/mol. The SMILES string of the molecule is C=C.C=C/C(=C\C)[C@](CC[C@@](C)(O)CC)(COC)c1[nH]c2ccccc2c1CCNCC. The lowest BCUT2D eigenvalue weighted by Gasteiger charge is -2.37. The Morgan fingerprint density at radius 1 is 1.22 bits per heavy atom. The average Bonchev–Trinajstić information content (AvgIpc) is 3.19. The number of methoxy groups -OCH3 is 1. The Bertz CT molecular complexity index is 865. The fourth-order valence-electron chi connectivity index (χ4n) is 4.40. The Labute approximate surface area is 195 Å². The number of benzene rings is 1. The monoisotopic (exact) mass is 440 g/mol. The maximum atomic E-state index is 10.8. The van der Waals surface area contributed by atoms with E-state index in [1.54, 1.807) is 7.11 Å². The van der Waals surface area contributed by atoms with E-state index in [2.05, 4.69) is 74.2 Å². The summed E-state index contributed by atoms with van der Waals surface area (Å²) in [6, 6.07) is 8.50. The first-order valence-corrected chi connectivity index (χ1v) is 11.7. The number of nitrogens with one attached hydrogen (secondary N) is 2. The third-order valence-electron chi connectivity index (χ3n) is 6.42. The molecule has 32 heavy (non-hydrogen) atoms. The van der Waals surface area contributed by atoms with Gasteiger partial charge in [-0.05, 0) is 69.8 Å². The Hall–Kier alpha value is -2.14.